The van der Waals surface area contributed by atoms with Gasteiger partial charge in [0.05, 0.1) is 5.71 Å². The van der Waals surface area contributed by atoms with Crippen LogP contribution in [-0.4, -0.2) is 12.8 Å². The normalized spacial score (nSPS) is 11.2. The number of hydrazone groups is 1. The fraction of sp³-hybridized carbons (Fsp3) is 0.250. The van der Waals surface area contributed by atoms with Crippen molar-refractivity contribution in [1.82, 2.24) is 5.43 Å². The summed E-state index contributed by atoms with van der Waals surface area (Å²) < 4.78 is 0. The molecule has 15 heavy (non-hydrogen) atoms. The molecule has 0 amide bonds. The number of hydrogen-bond acceptors (Lipinski definition) is 3. The van der Waals surface area contributed by atoms with Crippen LogP contribution >= 0.6 is 0 Å². The summed E-state index contributed by atoms with van der Waals surface area (Å²) in [5, 5.41) is 4.22. The van der Waals surface area contributed by atoms with Gasteiger partial charge in [0.2, 0.25) is 0 Å². The van der Waals surface area contributed by atoms with Crippen molar-refractivity contribution in [3.63, 3.8) is 0 Å². The van der Waals surface area contributed by atoms with E-state index in [1.54, 1.807) is 7.05 Å². The van der Waals surface area contributed by atoms with E-state index < -0.39 is 0 Å². The second-order valence-corrected chi connectivity index (χ2v) is 3.26. The van der Waals surface area contributed by atoms with Gasteiger partial charge in [0.25, 0.3) is 0 Å². The zero-order chi connectivity index (χ0) is 11.3. The molecule has 1 aromatic carbocycles. The lowest BCUT2D eigenvalue weighted by molar-refractivity contribution is 0.898. The molecule has 0 radical (unpaired) electrons. The van der Waals surface area contributed by atoms with Crippen molar-refractivity contribution in [1.29, 1.82) is 0 Å². The molecule has 0 saturated heterocycles. The van der Waals surface area contributed by atoms with Gasteiger partial charge in [0.1, 0.15) is 0 Å². The molecule has 1 rings (SSSR count). The number of nitrogens with one attached hydrogen (secondary N) is 1. The molecule has 0 aliphatic heterocycles. The van der Waals surface area contributed by atoms with Gasteiger partial charge in [-0.3, -0.25) is 0 Å². The van der Waals surface area contributed by atoms with E-state index in [0.29, 0.717) is 0 Å². The van der Waals surface area contributed by atoms with Gasteiger partial charge >= 0.3 is 0 Å². The van der Waals surface area contributed by atoms with Gasteiger partial charge in [-0.25, -0.2) is 0 Å². The molecule has 3 heteroatoms. The quantitative estimate of drug-likeness (QED) is 0.447. The van der Waals surface area contributed by atoms with E-state index in [4.69, 9.17) is 5.73 Å². The Hall–Kier alpha value is -1.77. The number of rotatable bonds is 4. The number of allylic oxidation sites excluding steroid dienone is 1. The molecular weight excluding hydrogens is 186 g/mol. The van der Waals surface area contributed by atoms with Gasteiger partial charge in [-0.15, -0.1) is 0 Å². The molecule has 80 valence electrons. The highest BCUT2D eigenvalue weighted by atomic mass is 15.3. The van der Waals surface area contributed by atoms with Crippen LogP contribution in [0.25, 0.3) is 0 Å². The van der Waals surface area contributed by atoms with Crippen LogP contribution in [0.15, 0.2) is 41.5 Å². The molecule has 0 saturated carbocycles. The van der Waals surface area contributed by atoms with E-state index in [2.05, 4.69) is 24.0 Å². The van der Waals surface area contributed by atoms with E-state index in [9.17, 15) is 0 Å². The average Bonchev–Trinajstić information content (AvgIpc) is 2.26. The third-order valence-corrected chi connectivity index (χ3v) is 2.17. The summed E-state index contributed by atoms with van der Waals surface area (Å²) in [4.78, 5) is 0. The van der Waals surface area contributed by atoms with Gasteiger partial charge in [-0.1, -0.05) is 25.6 Å². The van der Waals surface area contributed by atoms with Crippen LogP contribution in [0.1, 0.15) is 18.9 Å². The number of nitrogens with two attached hydrogens (primary N) is 1. The van der Waals surface area contributed by atoms with Crippen LogP contribution < -0.4 is 11.2 Å². The van der Waals surface area contributed by atoms with Crippen molar-refractivity contribution in [2.75, 3.05) is 12.8 Å². The largest absolute Gasteiger partial charge is 0.399 e. The van der Waals surface area contributed by atoms with Gasteiger partial charge < -0.3 is 11.2 Å². The molecule has 3 N–H and O–H groups in total. The van der Waals surface area contributed by atoms with E-state index in [1.807, 2.05) is 24.3 Å². The van der Waals surface area contributed by atoms with Crippen molar-refractivity contribution in [3.8, 4) is 0 Å². The molecular formula is C12H17N3. The molecule has 0 bridgehead atoms. The first-order valence-corrected chi connectivity index (χ1v) is 4.97. The van der Waals surface area contributed by atoms with E-state index >= 15 is 0 Å². The van der Waals surface area contributed by atoms with Gasteiger partial charge in [0.15, 0.2) is 0 Å². The lowest BCUT2D eigenvalue weighted by atomic mass is 10.0. The van der Waals surface area contributed by atoms with Crippen molar-refractivity contribution in [3.05, 3.63) is 42.0 Å². The third-order valence-electron chi connectivity index (χ3n) is 2.17. The first kappa shape index (κ1) is 11.3. The Kier molecular flexibility index (Phi) is 3.92. The highest BCUT2D eigenvalue weighted by molar-refractivity contribution is 6.12. The highest BCUT2D eigenvalue weighted by Crippen LogP contribution is 2.12. The van der Waals surface area contributed by atoms with Crippen molar-refractivity contribution < 1.29 is 0 Å². The number of nitrogen functional groups attached to an aromatic ring is 1. The maximum absolute atomic E-state index is 5.63. The number of nitrogens with zero attached hydrogens (tertiary/aromatic N) is 1. The minimum absolute atomic E-state index is 0.754. The fourth-order valence-corrected chi connectivity index (χ4v) is 1.27. The molecule has 0 unspecified atom stereocenters. The van der Waals surface area contributed by atoms with Crippen LogP contribution in [0, 0.1) is 0 Å². The lowest BCUT2D eigenvalue weighted by Crippen LogP contribution is -2.09. The zero-order valence-electron chi connectivity index (χ0n) is 9.25. The van der Waals surface area contributed by atoms with E-state index in [-0.39, 0.29) is 0 Å². The second kappa shape index (κ2) is 5.20. The van der Waals surface area contributed by atoms with Gasteiger partial charge in [-0.2, -0.15) is 5.10 Å². The van der Waals surface area contributed by atoms with Crippen molar-refractivity contribution in [2.45, 2.75) is 13.3 Å². The Balaban J connectivity index is 3.05. The minimum Gasteiger partial charge on any atom is -0.399 e. The number of hydrogen-bond donors (Lipinski definition) is 2. The van der Waals surface area contributed by atoms with Gasteiger partial charge in [-0.05, 0) is 24.1 Å². The third kappa shape index (κ3) is 2.84. The summed E-state index contributed by atoms with van der Waals surface area (Å²) in [6.45, 7) is 6.05. The smallest absolute Gasteiger partial charge is 0.0927 e. The summed E-state index contributed by atoms with van der Waals surface area (Å²) in [6.07, 6.45) is 0.880. The summed E-state index contributed by atoms with van der Waals surface area (Å²) >= 11 is 0. The molecule has 0 spiro atoms. The van der Waals surface area contributed by atoms with Crippen LogP contribution in [0.4, 0.5) is 5.69 Å². The van der Waals surface area contributed by atoms with E-state index in [1.165, 1.54) is 0 Å². The molecule has 0 heterocycles. The topological polar surface area (TPSA) is 50.4 Å². The first-order valence-electron chi connectivity index (χ1n) is 4.97. The molecule has 0 atom stereocenters. The Labute approximate surface area is 90.7 Å². The summed E-state index contributed by atoms with van der Waals surface area (Å²) in [5.74, 6) is 0. The number of anilines is 1. The van der Waals surface area contributed by atoms with Crippen molar-refractivity contribution in [2.24, 2.45) is 5.10 Å². The predicted molar refractivity (Wildman–Crippen MR) is 65.9 cm³/mol. The minimum atomic E-state index is 0.754. The fourth-order valence-electron chi connectivity index (χ4n) is 1.27. The first-order chi connectivity index (χ1) is 7.19. The SMILES string of the molecule is C=C(CC)/C(=N\NC)c1ccc(N)cc1. The predicted octanol–water partition coefficient (Wildman–Crippen LogP) is 2.16. The van der Waals surface area contributed by atoms with Crippen LogP contribution in [0.5, 0.6) is 0 Å². The average molecular weight is 203 g/mol. The Morgan fingerprint density at radius 2 is 2.00 bits per heavy atom. The summed E-state index contributed by atoms with van der Waals surface area (Å²) in [6, 6.07) is 7.63. The Morgan fingerprint density at radius 3 is 2.47 bits per heavy atom. The van der Waals surface area contributed by atoms with Crippen LogP contribution in [0.3, 0.4) is 0 Å². The Morgan fingerprint density at radius 1 is 1.40 bits per heavy atom. The monoisotopic (exact) mass is 203 g/mol. The maximum Gasteiger partial charge on any atom is 0.0927 e. The zero-order valence-corrected chi connectivity index (χ0v) is 9.25. The maximum atomic E-state index is 5.63. The summed E-state index contributed by atoms with van der Waals surface area (Å²) in [7, 11) is 1.78. The number of benzene rings is 1. The Bertz CT molecular complexity index is 363. The van der Waals surface area contributed by atoms with Crippen LogP contribution in [-0.2, 0) is 0 Å². The molecule has 0 aliphatic rings. The molecule has 0 aromatic heterocycles. The van der Waals surface area contributed by atoms with Crippen molar-refractivity contribution >= 4 is 11.4 Å². The summed E-state index contributed by atoms with van der Waals surface area (Å²) in [5.41, 5.74) is 12.1. The molecule has 1 aromatic rings. The molecule has 0 aliphatic carbocycles. The lowest BCUT2D eigenvalue weighted by Gasteiger charge is -2.08. The molecule has 3 nitrogen and oxygen atoms in total. The standard InChI is InChI=1S/C12H17N3/c1-4-9(2)12(15-14-3)10-5-7-11(13)8-6-10/h5-8,14H,2,4,13H2,1,3H3/b15-12+. The van der Waals surface area contributed by atoms with Crippen LogP contribution in [0.2, 0.25) is 0 Å². The van der Waals surface area contributed by atoms with E-state index in [0.717, 1.165) is 29.0 Å². The van der Waals surface area contributed by atoms with Gasteiger partial charge in [0, 0.05) is 18.3 Å². The highest BCUT2D eigenvalue weighted by Gasteiger charge is 2.05. The second-order valence-electron chi connectivity index (χ2n) is 3.26. The molecule has 0 fully saturated rings.